The van der Waals surface area contributed by atoms with Crippen LogP contribution in [0.4, 0.5) is 8.78 Å². The van der Waals surface area contributed by atoms with Crippen LogP contribution in [0.1, 0.15) is 63.5 Å². The fraction of sp³-hybridized carbons (Fsp3) is 0.387. The van der Waals surface area contributed by atoms with Crippen LogP contribution < -0.4 is 16.4 Å². The lowest BCUT2D eigenvalue weighted by molar-refractivity contribution is -0.109. The fourth-order valence-corrected chi connectivity index (χ4v) is 4.69. The van der Waals surface area contributed by atoms with Gasteiger partial charge in [-0.25, -0.2) is 8.78 Å². The number of nitrogens with two attached hydrogens (primary N) is 1. The van der Waals surface area contributed by atoms with Crippen LogP contribution in [-0.2, 0) is 4.79 Å². The maximum absolute atomic E-state index is 15.2. The Kier molecular flexibility index (Phi) is 14.2. The summed E-state index contributed by atoms with van der Waals surface area (Å²) in [6.45, 7) is 4.45. The van der Waals surface area contributed by atoms with Gasteiger partial charge in [0, 0.05) is 40.9 Å². The predicted molar refractivity (Wildman–Crippen MR) is 163 cm³/mol. The van der Waals surface area contributed by atoms with Gasteiger partial charge < -0.3 is 26.9 Å². The highest BCUT2D eigenvalue weighted by Crippen LogP contribution is 2.36. The molecule has 1 amide bonds. The van der Waals surface area contributed by atoms with E-state index in [-0.39, 0.29) is 33.8 Å². The number of thiol groups is 1. The van der Waals surface area contributed by atoms with Gasteiger partial charge >= 0.3 is 0 Å². The standard InChI is InChI=1S/C31H39F2N5O2S/c1-3-7-30(40)29(4-2)38-18-22-14-25(27(33)16-28(22)36)31(41)24(20-11-12-21(17-34)26(32)15-20)10-5-8-23(35)9-6-13-37-19-39/h5,10-12,14-16,18-19,23,29-30,36,38,40-41H,3-4,6-9,13,35H2,1-2H3,(H,37,39)/b10-5+,22-18-,31-24+,36-28?. The minimum absolute atomic E-state index is 0.0451. The second-order valence-electron chi connectivity index (χ2n) is 9.78. The van der Waals surface area contributed by atoms with Crippen LogP contribution >= 0.6 is 12.6 Å². The molecule has 1 aromatic carbocycles. The van der Waals surface area contributed by atoms with Crippen molar-refractivity contribution >= 4 is 30.3 Å². The number of halogens is 2. The Labute approximate surface area is 246 Å². The Morgan fingerprint density at radius 1 is 1.27 bits per heavy atom. The molecule has 0 saturated carbocycles. The first-order chi connectivity index (χ1) is 19.7. The highest BCUT2D eigenvalue weighted by atomic mass is 32.1. The number of nitriles is 1. The minimum Gasteiger partial charge on any atom is -0.391 e. The summed E-state index contributed by atoms with van der Waals surface area (Å²) >= 11 is 4.64. The third-order valence-electron chi connectivity index (χ3n) is 6.69. The summed E-state index contributed by atoms with van der Waals surface area (Å²) in [5.41, 5.74) is 7.33. The summed E-state index contributed by atoms with van der Waals surface area (Å²) in [6, 6.07) is 5.49. The number of rotatable bonds is 16. The molecular weight excluding hydrogens is 544 g/mol. The van der Waals surface area contributed by atoms with Crippen molar-refractivity contribution < 1.29 is 18.7 Å². The zero-order valence-electron chi connectivity index (χ0n) is 23.5. The monoisotopic (exact) mass is 583 g/mol. The molecule has 0 heterocycles. The van der Waals surface area contributed by atoms with Crippen molar-refractivity contribution in [1.82, 2.24) is 10.6 Å². The molecule has 220 valence electrons. The molecule has 0 aliphatic heterocycles. The van der Waals surface area contributed by atoms with E-state index >= 15 is 4.39 Å². The van der Waals surface area contributed by atoms with Gasteiger partial charge in [-0.1, -0.05) is 38.5 Å². The number of nitrogens with zero attached hydrogens (tertiary/aromatic N) is 1. The van der Waals surface area contributed by atoms with Crippen molar-refractivity contribution in [2.24, 2.45) is 5.73 Å². The van der Waals surface area contributed by atoms with Gasteiger partial charge in [0.25, 0.3) is 0 Å². The molecule has 3 unspecified atom stereocenters. The van der Waals surface area contributed by atoms with Crippen molar-refractivity contribution in [2.75, 3.05) is 6.54 Å². The first kappa shape index (κ1) is 33.7. The van der Waals surface area contributed by atoms with Gasteiger partial charge in [0.05, 0.1) is 23.4 Å². The van der Waals surface area contributed by atoms with E-state index in [9.17, 15) is 14.3 Å². The van der Waals surface area contributed by atoms with Crippen LogP contribution in [0.15, 0.2) is 70.6 Å². The number of aliphatic hydroxyl groups is 1. The van der Waals surface area contributed by atoms with E-state index in [0.717, 1.165) is 12.5 Å². The summed E-state index contributed by atoms with van der Waals surface area (Å²) in [5.74, 6) is -1.39. The number of nitrogens with one attached hydrogen (secondary N) is 3. The molecular formula is C31H39F2N5O2S. The average molecular weight is 584 g/mol. The Morgan fingerprint density at radius 3 is 2.66 bits per heavy atom. The maximum Gasteiger partial charge on any atom is 0.207 e. The zero-order valence-corrected chi connectivity index (χ0v) is 24.4. The predicted octanol–water partition coefficient (Wildman–Crippen LogP) is 5.36. The molecule has 1 aromatic rings. The normalized spacial score (nSPS) is 17.3. The van der Waals surface area contributed by atoms with Crippen molar-refractivity contribution in [1.29, 1.82) is 10.7 Å². The molecule has 10 heteroatoms. The lowest BCUT2D eigenvalue weighted by Crippen LogP contribution is -2.36. The summed E-state index contributed by atoms with van der Waals surface area (Å²) < 4.78 is 29.8. The van der Waals surface area contributed by atoms with Crippen LogP contribution in [0.2, 0.25) is 0 Å². The Balaban J connectivity index is 2.47. The van der Waals surface area contributed by atoms with E-state index in [0.29, 0.717) is 61.8 Å². The van der Waals surface area contributed by atoms with Gasteiger partial charge in [0.2, 0.25) is 6.41 Å². The van der Waals surface area contributed by atoms with Crippen molar-refractivity contribution in [2.45, 2.75) is 70.6 Å². The quantitative estimate of drug-likeness (QED) is 0.0674. The van der Waals surface area contributed by atoms with E-state index in [1.165, 1.54) is 18.2 Å². The van der Waals surface area contributed by atoms with Gasteiger partial charge in [-0.15, -0.1) is 12.6 Å². The van der Waals surface area contributed by atoms with E-state index in [1.807, 2.05) is 13.8 Å². The molecule has 0 saturated heterocycles. The lowest BCUT2D eigenvalue weighted by atomic mass is 9.94. The van der Waals surface area contributed by atoms with Gasteiger partial charge in [0.15, 0.2) is 0 Å². The Bertz CT molecular complexity index is 1280. The number of benzene rings is 1. The van der Waals surface area contributed by atoms with Crippen molar-refractivity contribution in [3.8, 4) is 6.07 Å². The second-order valence-corrected chi connectivity index (χ2v) is 10.2. The number of hydrogen-bond acceptors (Lipinski definition) is 7. The number of hydrogen-bond donors (Lipinski definition) is 6. The first-order valence-electron chi connectivity index (χ1n) is 13.7. The van der Waals surface area contributed by atoms with Gasteiger partial charge in [0.1, 0.15) is 17.7 Å². The number of aliphatic hydroxyl groups excluding tert-OH is 1. The second kappa shape index (κ2) is 17.3. The first-order valence-corrected chi connectivity index (χ1v) is 14.2. The number of amides is 1. The molecule has 1 aliphatic rings. The molecule has 7 nitrogen and oxygen atoms in total. The highest BCUT2D eigenvalue weighted by Gasteiger charge is 2.21. The molecule has 0 radical (unpaired) electrons. The lowest BCUT2D eigenvalue weighted by Gasteiger charge is -2.23. The van der Waals surface area contributed by atoms with Crippen LogP contribution in [0.3, 0.4) is 0 Å². The molecule has 0 fully saturated rings. The van der Waals surface area contributed by atoms with Crippen LogP contribution in [0, 0.1) is 22.6 Å². The summed E-state index contributed by atoms with van der Waals surface area (Å²) in [4.78, 5) is 10.6. The molecule has 0 spiro atoms. The molecule has 2 rings (SSSR count). The fourth-order valence-electron chi connectivity index (χ4n) is 4.32. The smallest absolute Gasteiger partial charge is 0.207 e. The zero-order chi connectivity index (χ0) is 30.4. The minimum atomic E-state index is -0.715. The Morgan fingerprint density at radius 2 is 2.02 bits per heavy atom. The summed E-state index contributed by atoms with van der Waals surface area (Å²) in [6.07, 6.45) is 11.7. The molecule has 0 bridgehead atoms. The summed E-state index contributed by atoms with van der Waals surface area (Å²) in [7, 11) is 0. The number of carbonyl (C=O) groups is 1. The maximum atomic E-state index is 15.2. The van der Waals surface area contributed by atoms with Gasteiger partial charge in [-0.05, 0) is 61.4 Å². The van der Waals surface area contributed by atoms with Crippen molar-refractivity contribution in [3.63, 3.8) is 0 Å². The molecule has 3 atom stereocenters. The van der Waals surface area contributed by atoms with Crippen LogP contribution in [0.25, 0.3) is 5.57 Å². The number of allylic oxidation sites excluding steroid dienone is 7. The average Bonchev–Trinajstić information content (AvgIpc) is 2.94. The topological polar surface area (TPSA) is 135 Å². The van der Waals surface area contributed by atoms with Crippen LogP contribution in [-0.4, -0.2) is 42.0 Å². The molecule has 1 aliphatic carbocycles. The third-order valence-corrected chi connectivity index (χ3v) is 7.18. The largest absolute Gasteiger partial charge is 0.391 e. The molecule has 6 N–H and O–H groups in total. The van der Waals surface area contributed by atoms with E-state index in [1.54, 1.807) is 30.5 Å². The highest BCUT2D eigenvalue weighted by molar-refractivity contribution is 7.85. The summed E-state index contributed by atoms with van der Waals surface area (Å²) in [5, 5.41) is 33.6. The van der Waals surface area contributed by atoms with E-state index in [2.05, 4.69) is 23.3 Å². The van der Waals surface area contributed by atoms with E-state index in [4.69, 9.17) is 16.4 Å². The third kappa shape index (κ3) is 10.1. The van der Waals surface area contributed by atoms with Gasteiger partial charge in [-0.2, -0.15) is 5.26 Å². The van der Waals surface area contributed by atoms with Gasteiger partial charge in [-0.3, -0.25) is 4.79 Å². The van der Waals surface area contributed by atoms with Crippen molar-refractivity contribution in [3.05, 3.63) is 87.5 Å². The SMILES string of the molecule is CCCC(O)C(CC)N/C=C1C=C(/C(S)=C(/C=C/CC(N)CCCNC=O)c2ccc(C#N)c(F)c2)C(F)=CC/1=N. The molecule has 41 heavy (non-hydrogen) atoms. The number of carbonyl (C=O) groups excluding carboxylic acids is 1. The Hall–Kier alpha value is -3.52. The van der Waals surface area contributed by atoms with Crippen LogP contribution in [0.5, 0.6) is 0 Å². The van der Waals surface area contributed by atoms with E-state index < -0.39 is 17.7 Å². The molecule has 0 aromatic heterocycles.